The van der Waals surface area contributed by atoms with Crippen LogP contribution in [0, 0.1) is 13.8 Å². The van der Waals surface area contributed by atoms with Crippen LogP contribution in [-0.2, 0) is 11.3 Å². The first-order valence-corrected chi connectivity index (χ1v) is 10.4. The van der Waals surface area contributed by atoms with Crippen molar-refractivity contribution in [2.45, 2.75) is 25.5 Å². The quantitative estimate of drug-likeness (QED) is 0.563. The van der Waals surface area contributed by atoms with Gasteiger partial charge in [-0.05, 0) is 37.6 Å². The van der Waals surface area contributed by atoms with Gasteiger partial charge in [-0.25, -0.2) is 9.97 Å². The molecule has 0 bridgehead atoms. The van der Waals surface area contributed by atoms with Crippen LogP contribution < -0.4 is 9.47 Å². The van der Waals surface area contributed by atoms with Crippen LogP contribution in [0.3, 0.4) is 0 Å². The first-order chi connectivity index (χ1) is 13.6. The van der Waals surface area contributed by atoms with Gasteiger partial charge < -0.3 is 14.4 Å². The van der Waals surface area contributed by atoms with Crippen molar-refractivity contribution in [3.05, 3.63) is 41.2 Å². The first kappa shape index (κ1) is 19.0. The summed E-state index contributed by atoms with van der Waals surface area (Å²) < 4.78 is 10.8. The number of rotatable bonds is 5. The molecule has 28 heavy (non-hydrogen) atoms. The summed E-state index contributed by atoms with van der Waals surface area (Å²) in [6.07, 6.45) is 0. The Bertz CT molecular complexity index is 848. The number of aryl methyl sites for hydroxylation is 2. The summed E-state index contributed by atoms with van der Waals surface area (Å²) in [5, 5.41) is 0.673. The predicted molar refractivity (Wildman–Crippen MR) is 107 cm³/mol. The van der Waals surface area contributed by atoms with Gasteiger partial charge in [0.15, 0.2) is 16.7 Å². The average Bonchev–Trinajstić information content (AvgIpc) is 3.14. The maximum atomic E-state index is 12.5. The number of benzene rings is 1. The zero-order valence-electron chi connectivity index (χ0n) is 16.2. The molecule has 3 heterocycles. The average molecular weight is 401 g/mol. The lowest BCUT2D eigenvalue weighted by Crippen LogP contribution is -2.48. The zero-order valence-corrected chi connectivity index (χ0v) is 17.0. The Morgan fingerprint density at radius 1 is 1.04 bits per heavy atom. The summed E-state index contributed by atoms with van der Waals surface area (Å²) in [6, 6.07) is 8.01. The van der Waals surface area contributed by atoms with E-state index < -0.39 is 0 Å². The fourth-order valence-electron chi connectivity index (χ4n) is 3.43. The lowest BCUT2D eigenvalue weighted by Gasteiger charge is -2.34. The second kappa shape index (κ2) is 8.36. The van der Waals surface area contributed by atoms with Crippen LogP contribution in [0.2, 0.25) is 0 Å². The minimum absolute atomic E-state index is 0.149. The van der Waals surface area contributed by atoms with Gasteiger partial charge in [0.05, 0.1) is 5.75 Å². The van der Waals surface area contributed by atoms with E-state index in [0.29, 0.717) is 17.7 Å². The van der Waals surface area contributed by atoms with Gasteiger partial charge in [0.2, 0.25) is 12.7 Å². The number of thioether (sulfide) groups is 1. The highest BCUT2D eigenvalue weighted by Crippen LogP contribution is 2.32. The highest BCUT2D eigenvalue weighted by atomic mass is 32.2. The highest BCUT2D eigenvalue weighted by molar-refractivity contribution is 7.99. The number of amides is 1. The Morgan fingerprint density at radius 3 is 2.50 bits per heavy atom. The minimum atomic E-state index is 0.149. The summed E-state index contributed by atoms with van der Waals surface area (Å²) in [5.74, 6) is 2.15. The lowest BCUT2D eigenvalue weighted by molar-refractivity contribution is -0.130. The molecular formula is C20H24N4O3S. The van der Waals surface area contributed by atoms with Crippen molar-refractivity contribution in [2.75, 3.05) is 38.7 Å². The van der Waals surface area contributed by atoms with Gasteiger partial charge in [0.25, 0.3) is 0 Å². The molecule has 1 fully saturated rings. The number of carbonyl (C=O) groups is 1. The van der Waals surface area contributed by atoms with Crippen molar-refractivity contribution < 1.29 is 14.3 Å². The predicted octanol–water partition coefficient (Wildman–Crippen LogP) is 2.26. The third-order valence-corrected chi connectivity index (χ3v) is 5.69. The molecule has 2 aliphatic rings. The number of aromatic nitrogens is 2. The molecule has 0 saturated carbocycles. The molecule has 7 nitrogen and oxygen atoms in total. The number of carbonyl (C=O) groups excluding carboxylic acids is 1. The molecule has 1 saturated heterocycles. The summed E-state index contributed by atoms with van der Waals surface area (Å²) in [4.78, 5) is 25.6. The van der Waals surface area contributed by atoms with Gasteiger partial charge in [-0.3, -0.25) is 9.69 Å². The van der Waals surface area contributed by atoms with Gasteiger partial charge >= 0.3 is 0 Å². The topological polar surface area (TPSA) is 67.8 Å². The molecule has 148 valence electrons. The van der Waals surface area contributed by atoms with E-state index in [1.807, 2.05) is 36.9 Å². The highest BCUT2D eigenvalue weighted by Gasteiger charge is 2.22. The van der Waals surface area contributed by atoms with Crippen molar-refractivity contribution in [3.63, 3.8) is 0 Å². The molecule has 0 unspecified atom stereocenters. The Morgan fingerprint density at radius 2 is 1.75 bits per heavy atom. The van der Waals surface area contributed by atoms with Crippen LogP contribution in [0.15, 0.2) is 29.4 Å². The second-order valence-electron chi connectivity index (χ2n) is 7.07. The van der Waals surface area contributed by atoms with Gasteiger partial charge in [-0.2, -0.15) is 0 Å². The van der Waals surface area contributed by atoms with Crippen molar-refractivity contribution in [1.29, 1.82) is 0 Å². The number of piperazine rings is 1. The van der Waals surface area contributed by atoms with Crippen LogP contribution in [0.4, 0.5) is 0 Å². The van der Waals surface area contributed by atoms with E-state index >= 15 is 0 Å². The lowest BCUT2D eigenvalue weighted by atomic mass is 10.1. The number of hydrogen-bond donors (Lipinski definition) is 0. The Balaban J connectivity index is 1.25. The third kappa shape index (κ3) is 4.56. The van der Waals surface area contributed by atoms with Crippen LogP contribution in [0.5, 0.6) is 11.5 Å². The van der Waals surface area contributed by atoms with Crippen LogP contribution in [0.1, 0.15) is 17.0 Å². The molecule has 1 amide bonds. The molecule has 0 radical (unpaired) electrons. The van der Waals surface area contributed by atoms with E-state index in [4.69, 9.17) is 9.47 Å². The largest absolute Gasteiger partial charge is 0.454 e. The second-order valence-corrected chi connectivity index (χ2v) is 8.01. The first-order valence-electron chi connectivity index (χ1n) is 9.40. The molecule has 0 atom stereocenters. The molecule has 4 rings (SSSR count). The molecule has 8 heteroatoms. The number of ether oxygens (including phenoxy) is 2. The Kier molecular flexibility index (Phi) is 5.68. The molecule has 2 aromatic rings. The van der Waals surface area contributed by atoms with E-state index in [2.05, 4.69) is 20.9 Å². The SMILES string of the molecule is Cc1cc(C)nc(SCC(=O)N2CCN(Cc3ccc4c(c3)OCO4)CC2)n1. The zero-order chi connectivity index (χ0) is 19.5. The molecule has 0 aliphatic carbocycles. The van der Waals surface area contributed by atoms with Crippen LogP contribution in [0.25, 0.3) is 0 Å². The summed E-state index contributed by atoms with van der Waals surface area (Å²) in [6.45, 7) is 8.26. The maximum Gasteiger partial charge on any atom is 0.233 e. The van der Waals surface area contributed by atoms with Crippen molar-refractivity contribution in [3.8, 4) is 11.5 Å². The Hall–Kier alpha value is -2.32. The molecule has 0 N–H and O–H groups in total. The van der Waals surface area contributed by atoms with Crippen LogP contribution in [-0.4, -0.2) is 64.4 Å². The third-order valence-electron chi connectivity index (χ3n) is 4.85. The van der Waals surface area contributed by atoms with Crippen molar-refractivity contribution >= 4 is 17.7 Å². The number of fused-ring (bicyclic) bond motifs is 1. The van der Waals surface area contributed by atoms with E-state index in [1.165, 1.54) is 17.3 Å². The monoisotopic (exact) mass is 400 g/mol. The summed E-state index contributed by atoms with van der Waals surface area (Å²) in [5.41, 5.74) is 3.06. The minimum Gasteiger partial charge on any atom is -0.454 e. The standard InChI is InChI=1S/C20H24N4O3S/c1-14-9-15(2)22-20(21-14)28-12-19(25)24-7-5-23(6-8-24)11-16-3-4-17-18(10-16)27-13-26-17/h3-4,9-10H,5-8,11-13H2,1-2H3. The van der Waals surface area contributed by atoms with Crippen LogP contribution >= 0.6 is 11.8 Å². The van der Waals surface area contributed by atoms with Crippen molar-refractivity contribution in [2.24, 2.45) is 0 Å². The molecule has 1 aromatic carbocycles. The molecule has 2 aliphatic heterocycles. The normalized spacial score (nSPS) is 16.4. The van der Waals surface area contributed by atoms with Gasteiger partial charge in [0.1, 0.15) is 0 Å². The fraction of sp³-hybridized carbons (Fsp3) is 0.450. The van der Waals surface area contributed by atoms with Gasteiger partial charge in [-0.15, -0.1) is 0 Å². The molecule has 1 aromatic heterocycles. The fourth-order valence-corrected chi connectivity index (χ4v) is 4.28. The van der Waals surface area contributed by atoms with E-state index in [0.717, 1.165) is 55.6 Å². The molecular weight excluding hydrogens is 376 g/mol. The van der Waals surface area contributed by atoms with Gasteiger partial charge in [0, 0.05) is 44.1 Å². The van der Waals surface area contributed by atoms with E-state index in [1.54, 1.807) is 0 Å². The summed E-state index contributed by atoms with van der Waals surface area (Å²) >= 11 is 1.41. The maximum absolute atomic E-state index is 12.5. The smallest absolute Gasteiger partial charge is 0.233 e. The number of nitrogens with zero attached hydrogens (tertiary/aromatic N) is 4. The van der Waals surface area contributed by atoms with Crippen molar-refractivity contribution in [1.82, 2.24) is 19.8 Å². The van der Waals surface area contributed by atoms with Gasteiger partial charge in [-0.1, -0.05) is 17.8 Å². The van der Waals surface area contributed by atoms with E-state index in [-0.39, 0.29) is 5.91 Å². The van der Waals surface area contributed by atoms with E-state index in [9.17, 15) is 4.79 Å². The number of hydrogen-bond acceptors (Lipinski definition) is 7. The molecule has 0 spiro atoms. The summed E-state index contributed by atoms with van der Waals surface area (Å²) in [7, 11) is 0. The Labute approximate surface area is 169 Å².